The first kappa shape index (κ1) is 32.3. The highest BCUT2D eigenvalue weighted by molar-refractivity contribution is 8.08. The van der Waals surface area contributed by atoms with Crippen molar-refractivity contribution >= 4 is 22.4 Å². The number of aryl methyl sites for hydroxylation is 2. The SMILES string of the molecule is C=C(NCCC(CCC)CCC)c1cc(C)cc(C(=C)Sc2ccccc2C)c1.C=C/C=C(C)\C=C/C. The van der Waals surface area contributed by atoms with E-state index in [9.17, 15) is 0 Å². The van der Waals surface area contributed by atoms with Gasteiger partial charge in [0.1, 0.15) is 0 Å². The van der Waals surface area contributed by atoms with Crippen molar-refractivity contribution in [2.24, 2.45) is 5.92 Å². The second kappa shape index (κ2) is 18.5. The second-order valence-corrected chi connectivity index (χ2v) is 10.8. The van der Waals surface area contributed by atoms with E-state index in [2.05, 4.69) is 95.2 Å². The average molecular weight is 516 g/mol. The summed E-state index contributed by atoms with van der Waals surface area (Å²) in [5.41, 5.74) is 7.10. The van der Waals surface area contributed by atoms with Crippen LogP contribution in [0.25, 0.3) is 10.6 Å². The van der Waals surface area contributed by atoms with Crippen LogP contribution in [-0.4, -0.2) is 6.54 Å². The molecule has 0 heterocycles. The zero-order chi connectivity index (χ0) is 27.6. The van der Waals surface area contributed by atoms with E-state index in [1.54, 1.807) is 17.8 Å². The van der Waals surface area contributed by atoms with Crippen molar-refractivity contribution in [3.8, 4) is 0 Å². The highest BCUT2D eigenvalue weighted by Crippen LogP contribution is 2.35. The Labute approximate surface area is 232 Å². The molecule has 2 aromatic carbocycles. The largest absolute Gasteiger partial charge is 0.385 e. The second-order valence-electron chi connectivity index (χ2n) is 9.66. The van der Waals surface area contributed by atoms with Crippen molar-refractivity contribution in [1.82, 2.24) is 5.32 Å². The van der Waals surface area contributed by atoms with Crippen LogP contribution in [0.1, 0.15) is 82.1 Å². The molecule has 0 aliphatic rings. The van der Waals surface area contributed by atoms with Crippen LogP contribution in [0.3, 0.4) is 0 Å². The summed E-state index contributed by atoms with van der Waals surface area (Å²) in [6.45, 7) is 26.1. The molecule has 0 aromatic heterocycles. The van der Waals surface area contributed by atoms with Gasteiger partial charge in [0.05, 0.1) is 0 Å². The molecule has 0 saturated heterocycles. The predicted octanol–water partition coefficient (Wildman–Crippen LogP) is 10.9. The van der Waals surface area contributed by atoms with Gasteiger partial charge in [0.2, 0.25) is 0 Å². The summed E-state index contributed by atoms with van der Waals surface area (Å²) in [6, 6.07) is 15.1. The van der Waals surface area contributed by atoms with E-state index in [-0.39, 0.29) is 0 Å². The quantitative estimate of drug-likeness (QED) is 0.198. The van der Waals surface area contributed by atoms with Gasteiger partial charge in [-0.3, -0.25) is 0 Å². The molecule has 0 bridgehead atoms. The van der Waals surface area contributed by atoms with E-state index in [4.69, 9.17) is 0 Å². The number of nitrogens with one attached hydrogen (secondary N) is 1. The number of hydrogen-bond donors (Lipinski definition) is 1. The van der Waals surface area contributed by atoms with Crippen molar-refractivity contribution in [3.05, 3.63) is 114 Å². The monoisotopic (exact) mass is 515 g/mol. The van der Waals surface area contributed by atoms with Crippen LogP contribution in [0.4, 0.5) is 0 Å². The zero-order valence-corrected chi connectivity index (χ0v) is 25.0. The van der Waals surface area contributed by atoms with Gasteiger partial charge in [-0.05, 0) is 80.5 Å². The summed E-state index contributed by atoms with van der Waals surface area (Å²) >= 11 is 1.74. The van der Waals surface area contributed by atoms with E-state index in [1.807, 2.05) is 32.1 Å². The third-order valence-corrected chi connectivity index (χ3v) is 7.33. The van der Waals surface area contributed by atoms with Gasteiger partial charge in [-0.1, -0.05) is 125 Å². The molecule has 0 saturated carbocycles. The highest BCUT2D eigenvalue weighted by atomic mass is 32.2. The summed E-state index contributed by atoms with van der Waals surface area (Å²) in [5, 5.41) is 3.57. The smallest absolute Gasteiger partial charge is 0.0341 e. The molecule has 0 fully saturated rings. The molecule has 1 N–H and O–H groups in total. The summed E-state index contributed by atoms with van der Waals surface area (Å²) in [7, 11) is 0. The first-order chi connectivity index (χ1) is 17.7. The van der Waals surface area contributed by atoms with Gasteiger partial charge in [-0.25, -0.2) is 0 Å². The van der Waals surface area contributed by atoms with Crippen molar-refractivity contribution in [1.29, 1.82) is 0 Å². The van der Waals surface area contributed by atoms with Crippen LogP contribution in [0, 0.1) is 19.8 Å². The van der Waals surface area contributed by atoms with E-state index < -0.39 is 0 Å². The Kier molecular flexibility index (Phi) is 16.2. The molecule has 0 amide bonds. The zero-order valence-electron chi connectivity index (χ0n) is 24.2. The van der Waals surface area contributed by atoms with Crippen molar-refractivity contribution in [2.75, 3.05) is 6.54 Å². The van der Waals surface area contributed by atoms with Crippen LogP contribution < -0.4 is 5.32 Å². The van der Waals surface area contributed by atoms with Gasteiger partial charge in [0.15, 0.2) is 0 Å². The molecule has 37 heavy (non-hydrogen) atoms. The number of thioether (sulfide) groups is 1. The van der Waals surface area contributed by atoms with Crippen molar-refractivity contribution in [2.45, 2.75) is 78.5 Å². The maximum Gasteiger partial charge on any atom is 0.0341 e. The number of allylic oxidation sites excluding steroid dienone is 5. The Hall–Kier alpha value is -2.71. The molecule has 200 valence electrons. The van der Waals surface area contributed by atoms with E-state index in [0.29, 0.717) is 0 Å². The fraction of sp³-hybridized carbons (Fsp3) is 0.371. The van der Waals surface area contributed by atoms with Crippen LogP contribution in [0.15, 0.2) is 97.0 Å². The summed E-state index contributed by atoms with van der Waals surface area (Å²) in [4.78, 5) is 2.33. The van der Waals surface area contributed by atoms with Crippen LogP contribution in [-0.2, 0) is 0 Å². The lowest BCUT2D eigenvalue weighted by Gasteiger charge is -2.18. The van der Waals surface area contributed by atoms with Gasteiger partial charge >= 0.3 is 0 Å². The molecule has 0 radical (unpaired) electrons. The molecule has 1 nitrogen and oxygen atoms in total. The standard InChI is InChI=1S/C27H37NS.C8H12/c1-7-11-24(12-8-2)15-16-28-22(5)25-17-20(3)18-26(19-25)23(6)29-27-14-10-9-13-21(27)4;1-4-6-8(3)7-5-2/h9-10,13-14,17-19,24,28H,5-8,11-12,15-16H2,1-4H3;4-7H,1H2,2-3H3/b;7-5-,8-6-. The van der Waals surface area contributed by atoms with Crippen LogP contribution in [0.5, 0.6) is 0 Å². The minimum absolute atomic E-state index is 0.823. The molecule has 0 aliphatic heterocycles. The summed E-state index contributed by atoms with van der Waals surface area (Å²) in [6.07, 6.45) is 14.2. The normalized spacial score (nSPS) is 11.3. The number of hydrogen-bond acceptors (Lipinski definition) is 2. The highest BCUT2D eigenvalue weighted by Gasteiger charge is 2.10. The first-order valence-electron chi connectivity index (χ1n) is 13.6. The fourth-order valence-corrected chi connectivity index (χ4v) is 5.14. The Bertz CT molecular complexity index is 1050. The lowest BCUT2D eigenvalue weighted by molar-refractivity contribution is 0.410. The molecule has 2 aromatic rings. The third kappa shape index (κ3) is 12.9. The first-order valence-corrected chi connectivity index (χ1v) is 14.5. The number of rotatable bonds is 14. The number of benzene rings is 2. The van der Waals surface area contributed by atoms with Crippen LogP contribution in [0.2, 0.25) is 0 Å². The van der Waals surface area contributed by atoms with Crippen molar-refractivity contribution < 1.29 is 0 Å². The van der Waals surface area contributed by atoms with Crippen molar-refractivity contribution in [3.63, 3.8) is 0 Å². The topological polar surface area (TPSA) is 12.0 Å². The van der Waals surface area contributed by atoms with Gasteiger partial charge in [0.25, 0.3) is 0 Å². The van der Waals surface area contributed by atoms with Gasteiger partial charge in [-0.2, -0.15) is 0 Å². The molecule has 0 atom stereocenters. The Morgan fingerprint density at radius 1 is 0.973 bits per heavy atom. The molecule has 2 rings (SSSR count). The van der Waals surface area contributed by atoms with Gasteiger partial charge in [-0.15, -0.1) is 0 Å². The Balaban J connectivity index is 0.000000738. The maximum absolute atomic E-state index is 4.34. The molecule has 2 heteroatoms. The molecule has 0 spiro atoms. The van der Waals surface area contributed by atoms with Crippen LogP contribution >= 0.6 is 11.8 Å². The Morgan fingerprint density at radius 2 is 1.62 bits per heavy atom. The van der Waals surface area contributed by atoms with E-state index >= 15 is 0 Å². The molecular formula is C35H49NS. The van der Waals surface area contributed by atoms with Gasteiger partial charge < -0.3 is 5.32 Å². The van der Waals surface area contributed by atoms with E-state index in [0.717, 1.165) is 28.6 Å². The molecular weight excluding hydrogens is 466 g/mol. The average Bonchev–Trinajstić information content (AvgIpc) is 2.86. The predicted molar refractivity (Wildman–Crippen MR) is 171 cm³/mol. The third-order valence-electron chi connectivity index (χ3n) is 6.17. The van der Waals surface area contributed by atoms with Gasteiger partial charge in [0, 0.05) is 22.0 Å². The summed E-state index contributed by atoms with van der Waals surface area (Å²) in [5.74, 6) is 0.823. The molecule has 0 aliphatic carbocycles. The minimum atomic E-state index is 0.823. The Morgan fingerprint density at radius 3 is 2.22 bits per heavy atom. The fourth-order valence-electron chi connectivity index (χ4n) is 4.26. The lowest BCUT2D eigenvalue weighted by atomic mass is 9.95. The minimum Gasteiger partial charge on any atom is -0.385 e. The maximum atomic E-state index is 4.34. The molecule has 0 unspecified atom stereocenters. The van der Waals surface area contributed by atoms with E-state index in [1.165, 1.54) is 59.3 Å². The summed E-state index contributed by atoms with van der Waals surface area (Å²) < 4.78 is 0. The lowest BCUT2D eigenvalue weighted by Crippen LogP contribution is -2.16.